The lowest BCUT2D eigenvalue weighted by molar-refractivity contribution is -0.216. The molecular weight excluding hydrogens is 486 g/mol. The maximum atomic E-state index is 13.0. The number of halogens is 10. The van der Waals surface area contributed by atoms with Crippen molar-refractivity contribution in [2.45, 2.75) is 19.1 Å². The average Bonchev–Trinajstić information content (AvgIpc) is 2.70. The lowest BCUT2D eigenvalue weighted by Crippen LogP contribution is -2.37. The van der Waals surface area contributed by atoms with Crippen molar-refractivity contribution in [1.82, 2.24) is 0 Å². The summed E-state index contributed by atoms with van der Waals surface area (Å²) in [5.41, 5.74) is 0. The highest BCUT2D eigenvalue weighted by molar-refractivity contribution is 5.76. The van der Waals surface area contributed by atoms with E-state index in [1.807, 2.05) is 0 Å². The van der Waals surface area contributed by atoms with Gasteiger partial charge in [0.15, 0.2) is 34.9 Å². The van der Waals surface area contributed by atoms with E-state index < -0.39 is 70.9 Å². The van der Waals surface area contributed by atoms with Gasteiger partial charge in [-0.05, 0) is 6.92 Å². The summed E-state index contributed by atoms with van der Waals surface area (Å²) in [6, 6.07) is 0.781. The topological polar surface area (TPSA) is 61.8 Å². The summed E-state index contributed by atoms with van der Waals surface area (Å²) >= 11 is 0. The lowest BCUT2D eigenvalue weighted by atomic mass is 10.3. The summed E-state index contributed by atoms with van der Waals surface area (Å²) < 4.78 is 137. The number of benzene rings is 2. The molecule has 0 N–H and O–H groups in total. The molecule has 0 atom stereocenters. The zero-order valence-electron chi connectivity index (χ0n) is 15.9. The van der Waals surface area contributed by atoms with Gasteiger partial charge in [0.1, 0.15) is 11.5 Å². The van der Waals surface area contributed by atoms with Crippen molar-refractivity contribution in [3.05, 3.63) is 59.2 Å². The van der Waals surface area contributed by atoms with Crippen LogP contribution < -0.4 is 9.47 Å². The maximum absolute atomic E-state index is 13.0. The number of carbonyl (C=O) groups excluding carboxylic acids is 2. The molecule has 182 valence electrons. The van der Waals surface area contributed by atoms with Crippen LogP contribution in [0.1, 0.15) is 6.92 Å². The number of alkyl halides is 4. The van der Waals surface area contributed by atoms with Gasteiger partial charge in [-0.15, -0.1) is 0 Å². The van der Waals surface area contributed by atoms with Gasteiger partial charge in [-0.1, -0.05) is 0 Å². The maximum Gasteiger partial charge on any atom is 0.502 e. The molecule has 2 rings (SSSR count). The van der Waals surface area contributed by atoms with E-state index in [9.17, 15) is 53.5 Å². The SMILES string of the molecule is CCOC(=O)C(F)(F)Oc1cc(F)c(F)c(F)c1.O=CC(F)(F)Oc1cc(F)c(F)c(F)c1. The molecule has 2 aromatic rings. The Labute approximate surface area is 177 Å². The van der Waals surface area contributed by atoms with Crippen LogP contribution in [0.15, 0.2) is 24.3 Å². The minimum absolute atomic E-state index is 0.186. The number of ether oxygens (including phenoxy) is 3. The van der Waals surface area contributed by atoms with E-state index in [1.54, 1.807) is 0 Å². The molecule has 2 aromatic carbocycles. The van der Waals surface area contributed by atoms with Crippen molar-refractivity contribution in [1.29, 1.82) is 0 Å². The van der Waals surface area contributed by atoms with Gasteiger partial charge in [-0.3, -0.25) is 4.79 Å². The molecule has 0 fully saturated rings. The Morgan fingerprint density at radius 3 is 1.48 bits per heavy atom. The van der Waals surface area contributed by atoms with Gasteiger partial charge in [-0.2, -0.15) is 17.6 Å². The highest BCUT2D eigenvalue weighted by Crippen LogP contribution is 2.26. The fourth-order valence-corrected chi connectivity index (χ4v) is 1.77. The second kappa shape index (κ2) is 10.9. The van der Waals surface area contributed by atoms with E-state index in [4.69, 9.17) is 0 Å². The average molecular weight is 496 g/mol. The number of hydrogen-bond acceptors (Lipinski definition) is 5. The third-order valence-electron chi connectivity index (χ3n) is 3.06. The van der Waals surface area contributed by atoms with Crippen LogP contribution in [0.2, 0.25) is 0 Å². The highest BCUT2D eigenvalue weighted by Gasteiger charge is 2.44. The summed E-state index contributed by atoms with van der Waals surface area (Å²) in [7, 11) is 0. The second-order valence-corrected chi connectivity index (χ2v) is 5.52. The van der Waals surface area contributed by atoms with Crippen molar-refractivity contribution in [3.63, 3.8) is 0 Å². The number of rotatable bonds is 7. The quantitative estimate of drug-likeness (QED) is 0.236. The van der Waals surface area contributed by atoms with E-state index in [0.29, 0.717) is 0 Å². The molecule has 0 radical (unpaired) electrons. The Hall–Kier alpha value is -3.52. The van der Waals surface area contributed by atoms with Gasteiger partial charge in [0, 0.05) is 24.3 Å². The third-order valence-corrected chi connectivity index (χ3v) is 3.06. The predicted molar refractivity (Wildman–Crippen MR) is 86.5 cm³/mol. The molecule has 33 heavy (non-hydrogen) atoms. The smallest absolute Gasteiger partial charge is 0.459 e. The van der Waals surface area contributed by atoms with Gasteiger partial charge in [0.25, 0.3) is 0 Å². The first-order valence-electron chi connectivity index (χ1n) is 8.19. The summed E-state index contributed by atoms with van der Waals surface area (Å²) in [5.74, 6) is -14.5. The van der Waals surface area contributed by atoms with Crippen LogP contribution in [0.25, 0.3) is 0 Å². The Balaban J connectivity index is 0.000000335. The Morgan fingerprint density at radius 2 is 1.15 bits per heavy atom. The zero-order valence-corrected chi connectivity index (χ0v) is 15.9. The monoisotopic (exact) mass is 496 g/mol. The highest BCUT2D eigenvalue weighted by atomic mass is 19.3. The zero-order chi connectivity index (χ0) is 25.6. The van der Waals surface area contributed by atoms with Crippen LogP contribution >= 0.6 is 0 Å². The molecule has 0 bridgehead atoms. The molecule has 0 aliphatic carbocycles. The van der Waals surface area contributed by atoms with Gasteiger partial charge < -0.3 is 14.2 Å². The van der Waals surface area contributed by atoms with E-state index in [0.717, 1.165) is 0 Å². The van der Waals surface area contributed by atoms with E-state index in [2.05, 4.69) is 14.2 Å². The van der Waals surface area contributed by atoms with Crippen LogP contribution in [0.3, 0.4) is 0 Å². The van der Waals surface area contributed by atoms with E-state index in [-0.39, 0.29) is 30.9 Å². The Bertz CT molecular complexity index is 966. The molecule has 0 aliphatic heterocycles. The standard InChI is InChI=1S/C10H7F5O3.C8H3F5O2/c1-2-17-9(16)10(14,15)18-5-3-6(11)8(13)7(12)4-5;9-5-1-4(2-6(10)7(5)11)15-8(12,13)3-14/h3-4H,2H2,1H3;1-3H. The predicted octanol–water partition coefficient (Wildman–Crippen LogP) is 4.91. The van der Waals surface area contributed by atoms with Crippen LogP contribution in [0, 0.1) is 34.9 Å². The molecule has 0 amide bonds. The first-order chi connectivity index (χ1) is 15.1. The minimum atomic E-state index is -4.42. The molecule has 0 aromatic heterocycles. The van der Waals surface area contributed by atoms with Gasteiger partial charge in [0.05, 0.1) is 6.61 Å². The number of carbonyl (C=O) groups is 2. The van der Waals surface area contributed by atoms with Crippen molar-refractivity contribution >= 4 is 12.3 Å². The lowest BCUT2D eigenvalue weighted by Gasteiger charge is -2.16. The molecule has 5 nitrogen and oxygen atoms in total. The fourth-order valence-electron chi connectivity index (χ4n) is 1.77. The molecule has 0 unspecified atom stereocenters. The molecule has 0 saturated carbocycles. The molecule has 0 heterocycles. The fraction of sp³-hybridized carbons (Fsp3) is 0.222. The minimum Gasteiger partial charge on any atom is -0.459 e. The van der Waals surface area contributed by atoms with Crippen LogP contribution in [0.4, 0.5) is 43.9 Å². The van der Waals surface area contributed by atoms with Crippen LogP contribution in [-0.2, 0) is 14.3 Å². The van der Waals surface area contributed by atoms with Crippen molar-refractivity contribution < 1.29 is 67.7 Å². The van der Waals surface area contributed by atoms with Crippen LogP contribution in [0.5, 0.6) is 11.5 Å². The van der Waals surface area contributed by atoms with Crippen molar-refractivity contribution in [2.75, 3.05) is 6.61 Å². The van der Waals surface area contributed by atoms with Crippen molar-refractivity contribution in [2.24, 2.45) is 0 Å². The molecular formula is C18H10F10O5. The first-order valence-corrected chi connectivity index (χ1v) is 8.19. The molecule has 15 heteroatoms. The normalized spacial score (nSPS) is 11.2. The summed E-state index contributed by atoms with van der Waals surface area (Å²) in [6.45, 7) is 0.954. The largest absolute Gasteiger partial charge is 0.502 e. The Kier molecular flexibility index (Phi) is 9.06. The van der Waals surface area contributed by atoms with Gasteiger partial charge in [-0.25, -0.2) is 31.1 Å². The van der Waals surface area contributed by atoms with Gasteiger partial charge in [0.2, 0.25) is 6.29 Å². The van der Waals surface area contributed by atoms with Gasteiger partial charge >= 0.3 is 18.2 Å². The Morgan fingerprint density at radius 1 is 0.788 bits per heavy atom. The summed E-state index contributed by atoms with van der Waals surface area (Å²) in [6.07, 6.45) is -9.49. The molecule has 0 aliphatic rings. The summed E-state index contributed by atoms with van der Waals surface area (Å²) in [4.78, 5) is 20.5. The first kappa shape index (κ1) is 27.5. The molecule has 0 spiro atoms. The summed E-state index contributed by atoms with van der Waals surface area (Å²) in [5, 5.41) is 0. The van der Waals surface area contributed by atoms with E-state index in [1.165, 1.54) is 6.92 Å². The number of hydrogen-bond donors (Lipinski definition) is 0. The van der Waals surface area contributed by atoms with E-state index >= 15 is 0 Å². The van der Waals surface area contributed by atoms with Crippen molar-refractivity contribution in [3.8, 4) is 11.5 Å². The second-order valence-electron chi connectivity index (χ2n) is 5.52. The number of esters is 1. The third kappa shape index (κ3) is 7.84. The van der Waals surface area contributed by atoms with Crippen LogP contribution in [-0.4, -0.2) is 31.1 Å². The molecule has 0 saturated heterocycles. The number of aldehydes is 1.